The van der Waals surface area contributed by atoms with Crippen molar-refractivity contribution in [2.75, 3.05) is 19.8 Å². The molecular formula is C48H82O19. The molecule has 0 amide bonds. The van der Waals surface area contributed by atoms with E-state index in [9.17, 15) is 66.4 Å². The van der Waals surface area contributed by atoms with Crippen LogP contribution in [0.1, 0.15) is 107 Å². The van der Waals surface area contributed by atoms with E-state index in [1.807, 2.05) is 0 Å². The Morgan fingerprint density at radius 1 is 0.672 bits per heavy atom. The topological polar surface area (TPSA) is 318 Å². The van der Waals surface area contributed by atoms with Crippen LogP contribution in [0.25, 0.3) is 0 Å². The van der Waals surface area contributed by atoms with Crippen molar-refractivity contribution in [2.24, 2.45) is 45.3 Å². The van der Waals surface area contributed by atoms with Crippen molar-refractivity contribution in [2.45, 2.75) is 223 Å². The lowest BCUT2D eigenvalue weighted by molar-refractivity contribution is -0.380. The Balaban J connectivity index is 1.10. The summed E-state index contributed by atoms with van der Waals surface area (Å²) in [6.07, 6.45) is -19.2. The summed E-state index contributed by atoms with van der Waals surface area (Å²) >= 11 is 0. The van der Waals surface area contributed by atoms with Crippen molar-refractivity contribution in [1.29, 1.82) is 0 Å². The van der Waals surface area contributed by atoms with Crippen molar-refractivity contribution >= 4 is 0 Å². The molecule has 0 aromatic rings. The number of fused-ring (bicyclic) bond motifs is 5. The first-order valence-corrected chi connectivity index (χ1v) is 24.5. The fraction of sp³-hybridized carbons (Fsp3) is 0.958. The molecule has 0 spiro atoms. The fourth-order valence-corrected chi connectivity index (χ4v) is 14.1. The molecule has 3 saturated heterocycles. The van der Waals surface area contributed by atoms with Gasteiger partial charge in [-0.3, -0.25) is 0 Å². The van der Waals surface area contributed by atoms with E-state index in [0.29, 0.717) is 19.3 Å². The van der Waals surface area contributed by atoms with Gasteiger partial charge in [0.25, 0.3) is 0 Å². The molecule has 3 aliphatic heterocycles. The average Bonchev–Trinajstić information content (AvgIpc) is 3.54. The molecule has 6 fully saturated rings. The average molecular weight is 963 g/mol. The SMILES string of the molecule is C[C@H](CC[C@@H](O[C@@H]1O[C@H](CO[C@@H]2O[C@H](CO)[C@@H](O)[C@H](O)[C@H]2O)[C@@H](O)[C@H](O)[C@H]1O[C@@H]1O[C@H](CO)[C@@H](O)[C@H](O)[C@H]1O)C(C)(C)O)C1CC[C@@]2(C)C3CC=C4C(CC[C@H](O)C4(C)C)[C@]3(C)[C@H](O)C[C@]12C. The van der Waals surface area contributed by atoms with Crippen molar-refractivity contribution < 1.29 is 94.8 Å². The molecule has 3 saturated carbocycles. The normalized spacial score (nSPS) is 51.0. The third-order valence-electron chi connectivity index (χ3n) is 18.7. The Labute approximate surface area is 393 Å². The largest absolute Gasteiger partial charge is 0.394 e. The van der Waals surface area contributed by atoms with Gasteiger partial charge in [-0.15, -0.1) is 0 Å². The molecule has 7 rings (SSSR count). The standard InChI is InChI=1S/C48H82O19/c1-21(22-15-16-46(6)28-12-10-23-24(11-13-29(51)44(23,2)3)48(28,8)30(52)17-47(22,46)7)9-14-31(45(4,5)61)66-43-40(67-42-39(60)36(57)33(54)26(19-50)64-42)37(58)34(55)27(65-43)20-62-41-38(59)35(56)32(53)25(18-49)63-41/h10,21-22,24-43,49-61H,9,11-20H2,1-8H3/t21-,22?,24?,25-,26-,27-,28?,29+,30-,31-,32-,33-,34-,35+,36+,37+,38-,39-,40-,41-,42+,43+,46+,47-,48+/m1/s1. The second-order valence-corrected chi connectivity index (χ2v) is 23.1. The minimum Gasteiger partial charge on any atom is -0.394 e. The maximum Gasteiger partial charge on any atom is 0.187 e. The summed E-state index contributed by atoms with van der Waals surface area (Å²) in [5.74, 6) is 0.678. The number of ether oxygens (including phenoxy) is 6. The number of hydrogen-bond donors (Lipinski definition) is 13. The van der Waals surface area contributed by atoms with E-state index in [0.717, 1.165) is 25.7 Å². The van der Waals surface area contributed by atoms with Crippen LogP contribution in [0.15, 0.2) is 11.6 Å². The molecule has 13 N–H and O–H groups in total. The first-order valence-electron chi connectivity index (χ1n) is 24.5. The predicted molar refractivity (Wildman–Crippen MR) is 235 cm³/mol. The maximum atomic E-state index is 12.4. The van der Waals surface area contributed by atoms with Gasteiger partial charge in [-0.05, 0) is 99.7 Å². The minimum absolute atomic E-state index is 0.0795. The third kappa shape index (κ3) is 9.24. The first-order chi connectivity index (χ1) is 31.2. The van der Waals surface area contributed by atoms with Gasteiger partial charge < -0.3 is 94.8 Å². The van der Waals surface area contributed by atoms with Crippen LogP contribution in [0.5, 0.6) is 0 Å². The fourth-order valence-electron chi connectivity index (χ4n) is 14.1. The Morgan fingerprint density at radius 3 is 1.84 bits per heavy atom. The third-order valence-corrected chi connectivity index (χ3v) is 18.7. The van der Waals surface area contributed by atoms with Gasteiger partial charge >= 0.3 is 0 Å². The molecule has 388 valence electrons. The van der Waals surface area contributed by atoms with Crippen LogP contribution in [-0.4, -0.2) is 202 Å². The number of aliphatic hydroxyl groups is 13. The summed E-state index contributed by atoms with van der Waals surface area (Å²) in [5.41, 5.74) is -1.32. The highest BCUT2D eigenvalue weighted by atomic mass is 16.8. The quantitative estimate of drug-likeness (QED) is 0.0924. The summed E-state index contributed by atoms with van der Waals surface area (Å²) < 4.78 is 35.5. The van der Waals surface area contributed by atoms with Crippen LogP contribution < -0.4 is 0 Å². The van der Waals surface area contributed by atoms with Crippen molar-refractivity contribution in [3.63, 3.8) is 0 Å². The maximum absolute atomic E-state index is 12.4. The van der Waals surface area contributed by atoms with Gasteiger partial charge in [0.15, 0.2) is 18.9 Å². The van der Waals surface area contributed by atoms with Crippen LogP contribution in [0.3, 0.4) is 0 Å². The van der Waals surface area contributed by atoms with Gasteiger partial charge in [0.2, 0.25) is 0 Å². The molecule has 3 heterocycles. The van der Waals surface area contributed by atoms with E-state index in [1.54, 1.807) is 13.8 Å². The summed E-state index contributed by atoms with van der Waals surface area (Å²) in [6, 6.07) is 0. The van der Waals surface area contributed by atoms with Crippen molar-refractivity contribution in [1.82, 2.24) is 0 Å². The van der Waals surface area contributed by atoms with Gasteiger partial charge in [0.1, 0.15) is 73.2 Å². The Kier molecular flexibility index (Phi) is 15.9. The highest BCUT2D eigenvalue weighted by Crippen LogP contribution is 2.75. The molecule has 7 aliphatic rings. The molecule has 3 unspecified atom stereocenters. The van der Waals surface area contributed by atoms with Crippen molar-refractivity contribution in [3.05, 3.63) is 11.6 Å². The highest BCUT2D eigenvalue weighted by molar-refractivity contribution is 5.31. The number of rotatable bonds is 14. The second kappa shape index (κ2) is 19.8. The molecule has 25 atom stereocenters. The molecule has 0 aromatic carbocycles. The zero-order valence-electron chi connectivity index (χ0n) is 40.3. The van der Waals surface area contributed by atoms with Crippen molar-refractivity contribution in [3.8, 4) is 0 Å². The smallest absolute Gasteiger partial charge is 0.187 e. The van der Waals surface area contributed by atoms with Crippen LogP contribution in [-0.2, 0) is 28.4 Å². The first kappa shape index (κ1) is 53.8. The number of aliphatic hydroxyl groups excluding tert-OH is 12. The van der Waals surface area contributed by atoms with Crippen LogP contribution in [0.2, 0.25) is 0 Å². The zero-order chi connectivity index (χ0) is 49.5. The van der Waals surface area contributed by atoms with Crippen LogP contribution in [0.4, 0.5) is 0 Å². The molecule has 0 radical (unpaired) electrons. The Hall–Kier alpha value is -1.02. The molecule has 19 nitrogen and oxygen atoms in total. The molecule has 0 bridgehead atoms. The predicted octanol–water partition coefficient (Wildman–Crippen LogP) is -1.06. The Bertz CT molecular complexity index is 1710. The van der Waals surface area contributed by atoms with Gasteiger partial charge in [0, 0.05) is 10.8 Å². The zero-order valence-corrected chi connectivity index (χ0v) is 40.3. The monoisotopic (exact) mass is 963 g/mol. The van der Waals surface area contributed by atoms with Gasteiger partial charge in [-0.1, -0.05) is 53.2 Å². The molecular weight excluding hydrogens is 881 g/mol. The van der Waals surface area contributed by atoms with Gasteiger partial charge in [0.05, 0.1) is 43.7 Å². The van der Waals surface area contributed by atoms with Crippen LogP contribution in [0, 0.1) is 45.3 Å². The minimum atomic E-state index is -1.90. The number of allylic oxidation sites excluding steroid dienone is 1. The summed E-state index contributed by atoms with van der Waals surface area (Å²) in [4.78, 5) is 0. The lowest BCUT2D eigenvalue weighted by Crippen LogP contribution is -2.65. The van der Waals surface area contributed by atoms with E-state index in [2.05, 4.69) is 47.6 Å². The Morgan fingerprint density at radius 2 is 1.24 bits per heavy atom. The van der Waals surface area contributed by atoms with E-state index >= 15 is 0 Å². The molecule has 67 heavy (non-hydrogen) atoms. The summed E-state index contributed by atoms with van der Waals surface area (Å²) in [5, 5.41) is 141. The van der Waals surface area contributed by atoms with E-state index in [-0.39, 0.29) is 51.8 Å². The number of hydrogen-bond acceptors (Lipinski definition) is 19. The summed E-state index contributed by atoms with van der Waals surface area (Å²) in [7, 11) is 0. The molecule has 0 aromatic heterocycles. The molecule has 19 heteroatoms. The second-order valence-electron chi connectivity index (χ2n) is 23.1. The van der Waals surface area contributed by atoms with E-state index in [4.69, 9.17) is 28.4 Å². The van der Waals surface area contributed by atoms with E-state index < -0.39 is 136 Å². The highest BCUT2D eigenvalue weighted by Gasteiger charge is 2.70. The lowest BCUT2D eigenvalue weighted by atomic mass is 9.38. The van der Waals surface area contributed by atoms with E-state index in [1.165, 1.54) is 5.57 Å². The molecule has 4 aliphatic carbocycles. The lowest BCUT2D eigenvalue weighted by Gasteiger charge is -2.67. The summed E-state index contributed by atoms with van der Waals surface area (Å²) in [6.45, 7) is 14.4. The van der Waals surface area contributed by atoms with Gasteiger partial charge in [-0.2, -0.15) is 0 Å². The van der Waals surface area contributed by atoms with Gasteiger partial charge in [-0.25, -0.2) is 0 Å². The van der Waals surface area contributed by atoms with Crippen LogP contribution >= 0.6 is 0 Å².